The normalized spacial score (nSPS) is 11.6. The SMILES string of the molecule is Cc1ccc(S(=O)(=O)NCc2cc(F)cc(F)c2)cc1. The summed E-state index contributed by atoms with van der Waals surface area (Å²) in [5.74, 6) is -1.48. The Morgan fingerprint density at radius 2 is 1.55 bits per heavy atom. The van der Waals surface area contributed by atoms with E-state index in [1.807, 2.05) is 6.92 Å². The second-order valence-corrected chi connectivity index (χ2v) is 6.18. The third-order valence-electron chi connectivity index (χ3n) is 2.72. The van der Waals surface area contributed by atoms with E-state index in [2.05, 4.69) is 4.72 Å². The van der Waals surface area contributed by atoms with Crippen LogP contribution in [0, 0.1) is 18.6 Å². The van der Waals surface area contributed by atoms with Crippen molar-refractivity contribution in [2.24, 2.45) is 0 Å². The molecule has 0 amide bonds. The lowest BCUT2D eigenvalue weighted by molar-refractivity contribution is 0.571. The fourth-order valence-corrected chi connectivity index (χ4v) is 2.71. The number of halogens is 2. The molecule has 0 aliphatic rings. The minimum absolute atomic E-state index is 0.111. The van der Waals surface area contributed by atoms with Gasteiger partial charge in [-0.3, -0.25) is 0 Å². The van der Waals surface area contributed by atoms with Crippen molar-refractivity contribution in [3.8, 4) is 0 Å². The van der Waals surface area contributed by atoms with Gasteiger partial charge in [0.15, 0.2) is 0 Å². The molecular weight excluding hydrogens is 284 g/mol. The molecule has 0 saturated carbocycles. The molecule has 0 radical (unpaired) electrons. The summed E-state index contributed by atoms with van der Waals surface area (Å²) in [6, 6.07) is 9.21. The lowest BCUT2D eigenvalue weighted by Crippen LogP contribution is -2.23. The van der Waals surface area contributed by atoms with Crippen molar-refractivity contribution in [3.63, 3.8) is 0 Å². The molecule has 0 fully saturated rings. The number of nitrogens with one attached hydrogen (secondary N) is 1. The van der Waals surface area contributed by atoms with Gasteiger partial charge in [-0.1, -0.05) is 17.7 Å². The molecule has 0 aliphatic heterocycles. The van der Waals surface area contributed by atoms with Crippen LogP contribution in [0.4, 0.5) is 8.78 Å². The summed E-state index contributed by atoms with van der Waals surface area (Å²) in [5.41, 5.74) is 1.16. The maximum absolute atomic E-state index is 13.0. The minimum Gasteiger partial charge on any atom is -0.207 e. The van der Waals surface area contributed by atoms with Crippen LogP contribution in [0.5, 0.6) is 0 Å². The van der Waals surface area contributed by atoms with E-state index in [1.165, 1.54) is 12.1 Å². The summed E-state index contributed by atoms with van der Waals surface area (Å²) in [6.45, 7) is 1.67. The standard InChI is InChI=1S/C14H13F2NO2S/c1-10-2-4-14(5-3-10)20(18,19)17-9-11-6-12(15)8-13(16)7-11/h2-8,17H,9H2,1H3. The molecule has 20 heavy (non-hydrogen) atoms. The van der Waals surface area contributed by atoms with Crippen LogP contribution in [0.2, 0.25) is 0 Å². The highest BCUT2D eigenvalue weighted by Gasteiger charge is 2.13. The number of sulfonamides is 1. The third-order valence-corrected chi connectivity index (χ3v) is 4.14. The van der Waals surface area contributed by atoms with Crippen molar-refractivity contribution >= 4 is 10.0 Å². The fraction of sp³-hybridized carbons (Fsp3) is 0.143. The summed E-state index contributed by atoms with van der Waals surface area (Å²) >= 11 is 0. The first kappa shape index (κ1) is 14.6. The monoisotopic (exact) mass is 297 g/mol. The molecule has 2 rings (SSSR count). The van der Waals surface area contributed by atoms with E-state index in [0.29, 0.717) is 0 Å². The van der Waals surface area contributed by atoms with Gasteiger partial charge in [-0.2, -0.15) is 0 Å². The van der Waals surface area contributed by atoms with Crippen LogP contribution < -0.4 is 4.72 Å². The Morgan fingerprint density at radius 3 is 2.10 bits per heavy atom. The molecule has 6 heteroatoms. The van der Waals surface area contributed by atoms with Crippen LogP contribution in [-0.2, 0) is 16.6 Å². The Hall–Kier alpha value is -1.79. The predicted molar refractivity (Wildman–Crippen MR) is 71.6 cm³/mol. The molecule has 2 aromatic rings. The number of aryl methyl sites for hydroxylation is 1. The number of benzene rings is 2. The van der Waals surface area contributed by atoms with Crippen LogP contribution in [-0.4, -0.2) is 8.42 Å². The Balaban J connectivity index is 2.15. The summed E-state index contributed by atoms with van der Waals surface area (Å²) in [6.07, 6.45) is 0. The number of rotatable bonds is 4. The van der Waals surface area contributed by atoms with E-state index in [4.69, 9.17) is 0 Å². The molecule has 0 bridgehead atoms. The van der Waals surface area contributed by atoms with Crippen molar-refractivity contribution in [2.45, 2.75) is 18.4 Å². The van der Waals surface area contributed by atoms with E-state index in [-0.39, 0.29) is 17.0 Å². The van der Waals surface area contributed by atoms with Gasteiger partial charge >= 0.3 is 0 Å². The Bertz CT molecular complexity index is 692. The lowest BCUT2D eigenvalue weighted by Gasteiger charge is -2.07. The fourth-order valence-electron chi connectivity index (χ4n) is 1.69. The Kier molecular flexibility index (Phi) is 4.15. The summed E-state index contributed by atoms with van der Waals surface area (Å²) in [7, 11) is -3.70. The zero-order valence-electron chi connectivity index (χ0n) is 10.7. The molecule has 0 aromatic heterocycles. The minimum atomic E-state index is -3.70. The number of hydrogen-bond donors (Lipinski definition) is 1. The zero-order valence-corrected chi connectivity index (χ0v) is 11.5. The highest BCUT2D eigenvalue weighted by molar-refractivity contribution is 7.89. The smallest absolute Gasteiger partial charge is 0.207 e. The largest absolute Gasteiger partial charge is 0.240 e. The average Bonchev–Trinajstić information content (AvgIpc) is 2.36. The van der Waals surface area contributed by atoms with Gasteiger partial charge in [-0.25, -0.2) is 21.9 Å². The van der Waals surface area contributed by atoms with Crippen molar-refractivity contribution in [3.05, 3.63) is 65.2 Å². The van der Waals surface area contributed by atoms with Crippen molar-refractivity contribution < 1.29 is 17.2 Å². The Labute approximate surface area is 116 Å². The van der Waals surface area contributed by atoms with Gasteiger partial charge in [0.2, 0.25) is 10.0 Å². The van der Waals surface area contributed by atoms with Gasteiger partial charge < -0.3 is 0 Å². The maximum atomic E-state index is 13.0. The molecule has 1 N–H and O–H groups in total. The van der Waals surface area contributed by atoms with Gasteiger partial charge in [-0.15, -0.1) is 0 Å². The molecule has 2 aromatic carbocycles. The topological polar surface area (TPSA) is 46.2 Å². The molecule has 0 unspecified atom stereocenters. The third kappa shape index (κ3) is 3.61. The van der Waals surface area contributed by atoms with Gasteiger partial charge in [-0.05, 0) is 36.8 Å². The van der Waals surface area contributed by atoms with Crippen molar-refractivity contribution in [1.82, 2.24) is 4.72 Å². The zero-order chi connectivity index (χ0) is 14.8. The van der Waals surface area contributed by atoms with Crippen LogP contribution in [0.3, 0.4) is 0 Å². The highest BCUT2D eigenvalue weighted by Crippen LogP contribution is 2.12. The molecule has 3 nitrogen and oxygen atoms in total. The molecule has 0 saturated heterocycles. The highest BCUT2D eigenvalue weighted by atomic mass is 32.2. The summed E-state index contributed by atoms with van der Waals surface area (Å²) in [5, 5.41) is 0. The van der Waals surface area contributed by atoms with Gasteiger partial charge in [0.1, 0.15) is 11.6 Å². The maximum Gasteiger partial charge on any atom is 0.240 e. The molecule has 0 heterocycles. The first-order valence-electron chi connectivity index (χ1n) is 5.88. The Morgan fingerprint density at radius 1 is 1.00 bits per heavy atom. The second kappa shape index (κ2) is 5.68. The molecule has 0 aliphatic carbocycles. The quantitative estimate of drug-likeness (QED) is 0.943. The average molecular weight is 297 g/mol. The summed E-state index contributed by atoms with van der Waals surface area (Å²) < 4.78 is 52.3. The second-order valence-electron chi connectivity index (χ2n) is 4.42. The van der Waals surface area contributed by atoms with Gasteiger partial charge in [0.25, 0.3) is 0 Å². The molecule has 0 spiro atoms. The summed E-state index contributed by atoms with van der Waals surface area (Å²) in [4.78, 5) is 0.111. The lowest BCUT2D eigenvalue weighted by atomic mass is 10.2. The predicted octanol–water partition coefficient (Wildman–Crippen LogP) is 2.75. The number of hydrogen-bond acceptors (Lipinski definition) is 2. The van der Waals surface area contributed by atoms with E-state index in [9.17, 15) is 17.2 Å². The van der Waals surface area contributed by atoms with Crippen LogP contribution in [0.15, 0.2) is 47.4 Å². The van der Waals surface area contributed by atoms with Crippen molar-refractivity contribution in [1.29, 1.82) is 0 Å². The van der Waals surface area contributed by atoms with E-state index >= 15 is 0 Å². The van der Waals surface area contributed by atoms with Crippen LogP contribution in [0.1, 0.15) is 11.1 Å². The first-order chi connectivity index (χ1) is 9.37. The molecule has 0 atom stereocenters. The first-order valence-corrected chi connectivity index (χ1v) is 7.36. The van der Waals surface area contributed by atoms with E-state index in [1.54, 1.807) is 12.1 Å². The van der Waals surface area contributed by atoms with Crippen molar-refractivity contribution in [2.75, 3.05) is 0 Å². The van der Waals surface area contributed by atoms with Gasteiger partial charge in [0.05, 0.1) is 4.90 Å². The van der Waals surface area contributed by atoms with Gasteiger partial charge in [0, 0.05) is 12.6 Å². The van der Waals surface area contributed by atoms with Crippen LogP contribution >= 0.6 is 0 Å². The van der Waals surface area contributed by atoms with E-state index < -0.39 is 21.7 Å². The molecule has 106 valence electrons. The van der Waals surface area contributed by atoms with Crippen LogP contribution in [0.25, 0.3) is 0 Å². The molecular formula is C14H13F2NO2S. The van der Waals surface area contributed by atoms with E-state index in [0.717, 1.165) is 23.8 Å².